The van der Waals surface area contributed by atoms with Gasteiger partial charge in [-0.05, 0) is 6.92 Å². The molecule has 1 rings (SSSR count). The Kier molecular flexibility index (Phi) is 2.87. The van der Waals surface area contributed by atoms with Gasteiger partial charge in [0.15, 0.2) is 0 Å². The first-order valence-corrected chi connectivity index (χ1v) is 4.10. The monoisotopic (exact) mass is 159 g/mol. The number of ether oxygens (including phenoxy) is 2. The van der Waals surface area contributed by atoms with Crippen molar-refractivity contribution in [3.63, 3.8) is 0 Å². The Morgan fingerprint density at radius 1 is 1.45 bits per heavy atom. The van der Waals surface area contributed by atoms with E-state index < -0.39 is 0 Å². The first-order chi connectivity index (χ1) is 5.21. The van der Waals surface area contributed by atoms with Crippen LogP contribution in [0.2, 0.25) is 0 Å². The lowest BCUT2D eigenvalue weighted by Gasteiger charge is -2.38. The third-order valence-corrected chi connectivity index (χ3v) is 2.58. The Labute approximate surface area is 67.9 Å². The largest absolute Gasteiger partial charge is 0.381 e. The lowest BCUT2D eigenvalue weighted by molar-refractivity contribution is -0.100. The molecule has 0 spiro atoms. The first kappa shape index (κ1) is 8.97. The molecule has 2 N–H and O–H groups in total. The second kappa shape index (κ2) is 3.52. The highest BCUT2D eigenvalue weighted by Crippen LogP contribution is 2.26. The highest BCUT2D eigenvalue weighted by atomic mass is 16.5. The first-order valence-electron chi connectivity index (χ1n) is 4.10. The molecule has 1 saturated heterocycles. The highest BCUT2D eigenvalue weighted by molar-refractivity contribution is 4.90. The van der Waals surface area contributed by atoms with Crippen molar-refractivity contribution in [2.75, 3.05) is 20.3 Å². The van der Waals surface area contributed by atoms with E-state index in [0.717, 1.165) is 26.1 Å². The molecule has 0 radical (unpaired) electrons. The molecule has 0 unspecified atom stereocenters. The van der Waals surface area contributed by atoms with Gasteiger partial charge in [-0.3, -0.25) is 0 Å². The van der Waals surface area contributed by atoms with Gasteiger partial charge in [0.2, 0.25) is 0 Å². The molecule has 0 aromatic carbocycles. The zero-order valence-electron chi connectivity index (χ0n) is 7.30. The van der Waals surface area contributed by atoms with Gasteiger partial charge in [-0.1, -0.05) is 0 Å². The normalized spacial score (nSPS) is 26.5. The topological polar surface area (TPSA) is 44.5 Å². The molecular formula is C8H17NO2. The minimum atomic E-state index is -0.127. The van der Waals surface area contributed by atoms with Gasteiger partial charge in [0.1, 0.15) is 0 Å². The molecule has 11 heavy (non-hydrogen) atoms. The highest BCUT2D eigenvalue weighted by Gasteiger charge is 2.35. The summed E-state index contributed by atoms with van der Waals surface area (Å²) in [6.07, 6.45) is 1.84. The molecule has 0 aromatic rings. The van der Waals surface area contributed by atoms with E-state index in [2.05, 4.69) is 0 Å². The Balaban J connectivity index is 2.57. The molecule has 3 nitrogen and oxygen atoms in total. The predicted octanol–water partition coefficient (Wildman–Crippen LogP) is 0.529. The molecule has 1 fully saturated rings. The van der Waals surface area contributed by atoms with Crippen LogP contribution in [-0.4, -0.2) is 32.0 Å². The van der Waals surface area contributed by atoms with Crippen molar-refractivity contribution in [2.24, 2.45) is 5.73 Å². The summed E-state index contributed by atoms with van der Waals surface area (Å²) in [5, 5.41) is 0. The van der Waals surface area contributed by atoms with Crippen LogP contribution in [0.1, 0.15) is 19.8 Å². The van der Waals surface area contributed by atoms with Crippen LogP contribution in [0.5, 0.6) is 0 Å². The van der Waals surface area contributed by atoms with Crippen molar-refractivity contribution in [2.45, 2.75) is 31.4 Å². The van der Waals surface area contributed by atoms with Gasteiger partial charge in [-0.25, -0.2) is 0 Å². The quantitative estimate of drug-likeness (QED) is 0.639. The van der Waals surface area contributed by atoms with Crippen LogP contribution in [0.25, 0.3) is 0 Å². The minimum absolute atomic E-state index is 0.0939. The molecule has 0 aliphatic carbocycles. The average Bonchev–Trinajstić information content (AvgIpc) is 2.05. The number of methoxy groups -OCH3 is 1. The maximum Gasteiger partial charge on any atom is 0.0869 e. The number of nitrogens with two attached hydrogens (primary N) is 1. The second-order valence-electron chi connectivity index (χ2n) is 3.17. The van der Waals surface area contributed by atoms with Gasteiger partial charge in [0.05, 0.1) is 5.60 Å². The van der Waals surface area contributed by atoms with Gasteiger partial charge in [-0.15, -0.1) is 0 Å². The summed E-state index contributed by atoms with van der Waals surface area (Å²) < 4.78 is 10.7. The van der Waals surface area contributed by atoms with Crippen LogP contribution >= 0.6 is 0 Å². The molecule has 1 aliphatic rings. The molecule has 0 saturated carbocycles. The lowest BCUT2D eigenvalue weighted by Crippen LogP contribution is -2.51. The zero-order valence-corrected chi connectivity index (χ0v) is 7.30. The van der Waals surface area contributed by atoms with Crippen molar-refractivity contribution >= 4 is 0 Å². The van der Waals surface area contributed by atoms with E-state index in [1.54, 1.807) is 7.11 Å². The Morgan fingerprint density at radius 3 is 2.27 bits per heavy atom. The SMILES string of the molecule is COC1([C@H](C)N)CCOCC1. The number of hydrogen-bond acceptors (Lipinski definition) is 3. The third kappa shape index (κ3) is 1.72. The van der Waals surface area contributed by atoms with Crippen LogP contribution in [0, 0.1) is 0 Å². The summed E-state index contributed by atoms with van der Waals surface area (Å²) in [7, 11) is 1.73. The van der Waals surface area contributed by atoms with E-state index >= 15 is 0 Å². The molecule has 0 bridgehead atoms. The average molecular weight is 159 g/mol. The second-order valence-corrected chi connectivity index (χ2v) is 3.17. The summed E-state index contributed by atoms with van der Waals surface area (Å²) in [5.41, 5.74) is 5.71. The smallest absolute Gasteiger partial charge is 0.0869 e. The maximum absolute atomic E-state index is 5.83. The van der Waals surface area contributed by atoms with Crippen molar-refractivity contribution in [3.05, 3.63) is 0 Å². The van der Waals surface area contributed by atoms with Crippen molar-refractivity contribution < 1.29 is 9.47 Å². The van der Waals surface area contributed by atoms with E-state index in [4.69, 9.17) is 15.2 Å². The molecule has 0 amide bonds. The van der Waals surface area contributed by atoms with Crippen LogP contribution in [0.4, 0.5) is 0 Å². The molecule has 66 valence electrons. The van der Waals surface area contributed by atoms with Crippen molar-refractivity contribution in [1.82, 2.24) is 0 Å². The van der Waals surface area contributed by atoms with Gasteiger partial charge in [0, 0.05) is 39.2 Å². The van der Waals surface area contributed by atoms with E-state index in [1.807, 2.05) is 6.92 Å². The van der Waals surface area contributed by atoms with Crippen LogP contribution in [0.3, 0.4) is 0 Å². The Bertz CT molecular complexity index is 119. The van der Waals surface area contributed by atoms with Gasteiger partial charge < -0.3 is 15.2 Å². The standard InChI is InChI=1S/C8H17NO2/c1-7(9)8(10-2)3-5-11-6-4-8/h7H,3-6,9H2,1-2H3/t7-/m0/s1. The van der Waals surface area contributed by atoms with E-state index in [-0.39, 0.29) is 11.6 Å². The molecule has 0 aromatic heterocycles. The summed E-state index contributed by atoms with van der Waals surface area (Å²) in [6.45, 7) is 3.54. The lowest BCUT2D eigenvalue weighted by atomic mass is 9.87. The molecule has 3 heteroatoms. The summed E-state index contributed by atoms with van der Waals surface area (Å²) in [5.74, 6) is 0. The maximum atomic E-state index is 5.83. The number of rotatable bonds is 2. The molecule has 1 aliphatic heterocycles. The van der Waals surface area contributed by atoms with E-state index in [9.17, 15) is 0 Å². The molecular weight excluding hydrogens is 142 g/mol. The van der Waals surface area contributed by atoms with Crippen molar-refractivity contribution in [3.8, 4) is 0 Å². The van der Waals surface area contributed by atoms with E-state index in [1.165, 1.54) is 0 Å². The summed E-state index contributed by atoms with van der Waals surface area (Å²) >= 11 is 0. The fourth-order valence-corrected chi connectivity index (χ4v) is 1.56. The summed E-state index contributed by atoms with van der Waals surface area (Å²) in [4.78, 5) is 0. The van der Waals surface area contributed by atoms with Gasteiger partial charge in [0.25, 0.3) is 0 Å². The third-order valence-electron chi connectivity index (χ3n) is 2.58. The van der Waals surface area contributed by atoms with E-state index in [0.29, 0.717) is 0 Å². The predicted molar refractivity (Wildman–Crippen MR) is 43.4 cm³/mol. The van der Waals surface area contributed by atoms with Crippen LogP contribution in [0.15, 0.2) is 0 Å². The van der Waals surface area contributed by atoms with Crippen LogP contribution in [-0.2, 0) is 9.47 Å². The minimum Gasteiger partial charge on any atom is -0.381 e. The van der Waals surface area contributed by atoms with Crippen LogP contribution < -0.4 is 5.73 Å². The fraction of sp³-hybridized carbons (Fsp3) is 1.00. The number of hydrogen-bond donors (Lipinski definition) is 1. The molecule has 1 atom stereocenters. The summed E-state index contributed by atoms with van der Waals surface area (Å²) in [6, 6.07) is 0.0939. The van der Waals surface area contributed by atoms with Gasteiger partial charge >= 0.3 is 0 Å². The Morgan fingerprint density at radius 2 is 2.00 bits per heavy atom. The fourth-order valence-electron chi connectivity index (χ4n) is 1.56. The van der Waals surface area contributed by atoms with Gasteiger partial charge in [-0.2, -0.15) is 0 Å². The zero-order chi connectivity index (χ0) is 8.32. The molecule has 1 heterocycles. The van der Waals surface area contributed by atoms with Crippen molar-refractivity contribution in [1.29, 1.82) is 0 Å². The Hall–Kier alpha value is -0.120.